The van der Waals surface area contributed by atoms with Crippen LogP contribution >= 0.6 is 0 Å². The molecule has 5 heteroatoms. The van der Waals surface area contributed by atoms with E-state index in [1.165, 1.54) is 0 Å². The first kappa shape index (κ1) is 18.8. The van der Waals surface area contributed by atoms with Crippen molar-refractivity contribution in [2.45, 2.75) is 40.0 Å². The summed E-state index contributed by atoms with van der Waals surface area (Å²) in [5.41, 5.74) is 3.72. The molecule has 1 atom stereocenters. The lowest BCUT2D eigenvalue weighted by molar-refractivity contribution is -0.121. The molecule has 0 bridgehead atoms. The van der Waals surface area contributed by atoms with Crippen molar-refractivity contribution < 1.29 is 14.6 Å². The Morgan fingerprint density at radius 1 is 1.20 bits per heavy atom. The second-order valence-corrected chi connectivity index (χ2v) is 5.92. The highest BCUT2D eigenvalue weighted by Crippen LogP contribution is 2.23. The van der Waals surface area contributed by atoms with E-state index in [1.54, 1.807) is 12.1 Å². The average molecular weight is 342 g/mol. The van der Waals surface area contributed by atoms with E-state index in [9.17, 15) is 9.90 Å². The topological polar surface area (TPSA) is 70.6 Å². The molecule has 0 aromatic heterocycles. The number of hydrogen-bond acceptors (Lipinski definition) is 4. The van der Waals surface area contributed by atoms with Crippen LogP contribution in [0.2, 0.25) is 0 Å². The van der Waals surface area contributed by atoms with Crippen LogP contribution in [-0.4, -0.2) is 23.7 Å². The van der Waals surface area contributed by atoms with E-state index in [4.69, 9.17) is 4.74 Å². The first-order valence-electron chi connectivity index (χ1n) is 8.50. The predicted molar refractivity (Wildman–Crippen MR) is 99.6 cm³/mol. The maximum atomic E-state index is 12.3. The highest BCUT2D eigenvalue weighted by Gasteiger charge is 2.13. The molecule has 0 aliphatic carbocycles. The zero-order valence-corrected chi connectivity index (χ0v) is 15.0. The van der Waals surface area contributed by atoms with Gasteiger partial charge in [0.15, 0.2) is 0 Å². The molecular weight excluding hydrogens is 316 g/mol. The third kappa shape index (κ3) is 5.22. The lowest BCUT2D eigenvalue weighted by atomic mass is 10.1. The summed E-state index contributed by atoms with van der Waals surface area (Å²) in [4.78, 5) is 12.3. The Hall–Kier alpha value is -2.53. The second kappa shape index (κ2) is 9.08. The second-order valence-electron chi connectivity index (χ2n) is 5.92. The molecule has 0 spiro atoms. The first-order chi connectivity index (χ1) is 12.0. The number of anilines is 1. The minimum absolute atomic E-state index is 0.0808. The zero-order valence-electron chi connectivity index (χ0n) is 15.0. The van der Waals surface area contributed by atoms with Crippen molar-refractivity contribution in [1.82, 2.24) is 5.32 Å². The Balaban J connectivity index is 1.95. The van der Waals surface area contributed by atoms with Gasteiger partial charge in [0.2, 0.25) is 5.91 Å². The van der Waals surface area contributed by atoms with Crippen LogP contribution in [0.4, 0.5) is 5.69 Å². The van der Waals surface area contributed by atoms with E-state index >= 15 is 0 Å². The molecule has 25 heavy (non-hydrogen) atoms. The maximum absolute atomic E-state index is 12.3. The molecule has 134 valence electrons. The summed E-state index contributed by atoms with van der Waals surface area (Å²) in [7, 11) is 0. The third-order valence-corrected chi connectivity index (χ3v) is 4.02. The highest BCUT2D eigenvalue weighted by molar-refractivity contribution is 5.84. The van der Waals surface area contributed by atoms with Gasteiger partial charge in [-0.1, -0.05) is 24.3 Å². The maximum Gasteiger partial charge on any atom is 0.242 e. The predicted octanol–water partition coefficient (Wildman–Crippen LogP) is 3.00. The molecule has 2 aromatic rings. The molecule has 1 amide bonds. The lowest BCUT2D eigenvalue weighted by Gasteiger charge is -2.17. The van der Waals surface area contributed by atoms with Crippen LogP contribution in [0.5, 0.6) is 5.75 Å². The Morgan fingerprint density at radius 2 is 1.96 bits per heavy atom. The van der Waals surface area contributed by atoms with Crippen LogP contribution in [0.3, 0.4) is 0 Å². The smallest absolute Gasteiger partial charge is 0.242 e. The number of aliphatic hydroxyl groups excluding tert-OH is 1. The molecule has 1 unspecified atom stereocenters. The van der Waals surface area contributed by atoms with Crippen molar-refractivity contribution in [3.8, 4) is 5.75 Å². The number of nitrogens with one attached hydrogen (secondary N) is 2. The molecule has 0 heterocycles. The summed E-state index contributed by atoms with van der Waals surface area (Å²) >= 11 is 0. The number of aliphatic hydroxyl groups is 1. The lowest BCUT2D eigenvalue weighted by Crippen LogP contribution is -2.37. The normalized spacial score (nSPS) is 11.7. The Kier molecular flexibility index (Phi) is 6.83. The Labute approximate surface area is 149 Å². The van der Waals surface area contributed by atoms with Gasteiger partial charge >= 0.3 is 0 Å². The van der Waals surface area contributed by atoms with Gasteiger partial charge in [0.25, 0.3) is 0 Å². The zero-order chi connectivity index (χ0) is 18.2. The van der Waals surface area contributed by atoms with Gasteiger partial charge in [-0.05, 0) is 50.1 Å². The summed E-state index contributed by atoms with van der Waals surface area (Å²) in [6.07, 6.45) is 0. The Morgan fingerprint density at radius 3 is 2.64 bits per heavy atom. The molecule has 3 N–H and O–H groups in total. The molecule has 0 aliphatic heterocycles. The number of carbonyl (C=O) groups is 1. The van der Waals surface area contributed by atoms with Gasteiger partial charge in [-0.2, -0.15) is 0 Å². The number of ether oxygens (including phenoxy) is 1. The van der Waals surface area contributed by atoms with Crippen LogP contribution in [0.1, 0.15) is 30.5 Å². The minimum atomic E-state index is -0.395. The molecule has 0 saturated heterocycles. The molecule has 0 aliphatic rings. The largest absolute Gasteiger partial charge is 0.494 e. The van der Waals surface area contributed by atoms with Gasteiger partial charge < -0.3 is 20.5 Å². The van der Waals surface area contributed by atoms with E-state index in [1.807, 2.05) is 51.1 Å². The summed E-state index contributed by atoms with van der Waals surface area (Å²) in [5.74, 6) is 0.579. The van der Waals surface area contributed by atoms with Crippen molar-refractivity contribution in [2.24, 2.45) is 0 Å². The monoisotopic (exact) mass is 342 g/mol. The van der Waals surface area contributed by atoms with Crippen molar-refractivity contribution >= 4 is 11.6 Å². The van der Waals surface area contributed by atoms with Gasteiger partial charge in [0.1, 0.15) is 11.8 Å². The van der Waals surface area contributed by atoms with Gasteiger partial charge in [0, 0.05) is 17.8 Å². The van der Waals surface area contributed by atoms with Crippen LogP contribution in [-0.2, 0) is 17.9 Å². The summed E-state index contributed by atoms with van der Waals surface area (Å²) < 4.78 is 5.47. The molecular formula is C20H26N2O3. The van der Waals surface area contributed by atoms with Crippen molar-refractivity contribution in [1.29, 1.82) is 0 Å². The fourth-order valence-corrected chi connectivity index (χ4v) is 2.55. The average Bonchev–Trinajstić information content (AvgIpc) is 2.62. The number of benzene rings is 2. The summed E-state index contributed by atoms with van der Waals surface area (Å²) in [6.45, 7) is 6.66. The van der Waals surface area contributed by atoms with Gasteiger partial charge in [-0.3, -0.25) is 4.79 Å². The molecule has 0 fully saturated rings. The number of hydrogen-bond donors (Lipinski definition) is 3. The van der Waals surface area contributed by atoms with E-state index in [-0.39, 0.29) is 12.5 Å². The van der Waals surface area contributed by atoms with Gasteiger partial charge in [0.05, 0.1) is 13.2 Å². The van der Waals surface area contributed by atoms with E-state index in [0.717, 1.165) is 16.8 Å². The molecule has 5 nitrogen and oxygen atoms in total. The van der Waals surface area contributed by atoms with Crippen LogP contribution in [0, 0.1) is 6.92 Å². The van der Waals surface area contributed by atoms with E-state index in [0.29, 0.717) is 24.5 Å². The molecule has 0 saturated carbocycles. The quantitative estimate of drug-likeness (QED) is 0.690. The van der Waals surface area contributed by atoms with Crippen LogP contribution in [0.25, 0.3) is 0 Å². The fraction of sp³-hybridized carbons (Fsp3) is 0.350. The Bertz CT molecular complexity index is 716. The van der Waals surface area contributed by atoms with Gasteiger partial charge in [-0.15, -0.1) is 0 Å². The first-order valence-corrected chi connectivity index (χ1v) is 8.50. The van der Waals surface area contributed by atoms with Crippen molar-refractivity contribution in [3.63, 3.8) is 0 Å². The number of aryl methyl sites for hydroxylation is 1. The van der Waals surface area contributed by atoms with Crippen LogP contribution < -0.4 is 15.4 Å². The molecule has 2 aromatic carbocycles. The molecule has 0 radical (unpaired) electrons. The number of amides is 1. The minimum Gasteiger partial charge on any atom is -0.494 e. The number of rotatable bonds is 8. The highest BCUT2D eigenvalue weighted by atomic mass is 16.5. The third-order valence-electron chi connectivity index (χ3n) is 4.02. The summed E-state index contributed by atoms with van der Waals surface area (Å²) in [6, 6.07) is 13.0. The van der Waals surface area contributed by atoms with Crippen LogP contribution in [0.15, 0.2) is 42.5 Å². The number of carbonyl (C=O) groups excluding carboxylic acids is 1. The van der Waals surface area contributed by atoms with E-state index < -0.39 is 6.04 Å². The molecule has 2 rings (SSSR count). The van der Waals surface area contributed by atoms with Gasteiger partial charge in [-0.25, -0.2) is 0 Å². The summed E-state index contributed by atoms with van der Waals surface area (Å²) in [5, 5.41) is 15.6. The van der Waals surface area contributed by atoms with Crippen molar-refractivity contribution in [2.75, 3.05) is 11.9 Å². The SMILES string of the molecule is CCOc1ccc(NC(C)C(=O)NCc2ccccc2C)cc1CO. The van der Waals surface area contributed by atoms with Crippen molar-refractivity contribution in [3.05, 3.63) is 59.2 Å². The standard InChI is InChI=1S/C20H26N2O3/c1-4-25-19-10-9-18(11-17(19)13-23)22-15(3)20(24)21-12-16-8-6-5-7-14(16)2/h5-11,15,22-23H,4,12-13H2,1-3H3,(H,21,24). The van der Waals surface area contributed by atoms with E-state index in [2.05, 4.69) is 10.6 Å². The fourth-order valence-electron chi connectivity index (χ4n) is 2.55.